The van der Waals surface area contributed by atoms with Crippen molar-refractivity contribution >= 4 is 45.2 Å². The third kappa shape index (κ3) is 2.81. The van der Waals surface area contributed by atoms with Crippen molar-refractivity contribution < 1.29 is 4.42 Å². The Morgan fingerprint density at radius 1 is 1.24 bits per heavy atom. The van der Waals surface area contributed by atoms with Crippen molar-refractivity contribution in [3.8, 4) is 0 Å². The molecule has 0 amide bonds. The summed E-state index contributed by atoms with van der Waals surface area (Å²) in [5.74, 6) is 6.54. The first-order valence-electron chi connectivity index (χ1n) is 6.50. The van der Waals surface area contributed by atoms with Gasteiger partial charge in [0, 0.05) is 14.0 Å². The maximum Gasteiger partial charge on any atom is 0.137 e. The van der Waals surface area contributed by atoms with E-state index in [0.717, 1.165) is 31.4 Å². The van der Waals surface area contributed by atoms with E-state index in [4.69, 9.17) is 21.9 Å². The van der Waals surface area contributed by atoms with Crippen molar-refractivity contribution in [2.24, 2.45) is 5.84 Å². The van der Waals surface area contributed by atoms with Gasteiger partial charge >= 0.3 is 0 Å². The van der Waals surface area contributed by atoms with Crippen LogP contribution in [0.4, 0.5) is 0 Å². The number of fused-ring (bicyclic) bond motifs is 1. The molecule has 0 aliphatic heterocycles. The van der Waals surface area contributed by atoms with Crippen LogP contribution >= 0.6 is 34.2 Å². The lowest BCUT2D eigenvalue weighted by Gasteiger charge is -2.15. The fraction of sp³-hybridized carbons (Fsp3) is 0.125. The third-order valence-corrected chi connectivity index (χ3v) is 4.70. The maximum atomic E-state index is 6.11. The van der Waals surface area contributed by atoms with Gasteiger partial charge in [0.25, 0.3) is 0 Å². The molecular weight excluding hydrogens is 399 g/mol. The lowest BCUT2D eigenvalue weighted by atomic mass is 10.0. The molecule has 0 spiro atoms. The van der Waals surface area contributed by atoms with E-state index in [1.54, 1.807) is 0 Å². The Kier molecular flexibility index (Phi) is 4.21. The molecule has 3 rings (SSSR count). The summed E-state index contributed by atoms with van der Waals surface area (Å²) < 4.78 is 7.09. The van der Waals surface area contributed by atoms with E-state index in [-0.39, 0.29) is 6.04 Å². The highest BCUT2D eigenvalue weighted by molar-refractivity contribution is 14.1. The maximum absolute atomic E-state index is 6.11. The van der Waals surface area contributed by atoms with Gasteiger partial charge in [-0.05, 0) is 64.9 Å². The summed E-state index contributed by atoms with van der Waals surface area (Å²) in [6.45, 7) is 2.03. The van der Waals surface area contributed by atoms with Crippen molar-refractivity contribution in [3.05, 3.63) is 67.9 Å². The van der Waals surface area contributed by atoms with Gasteiger partial charge in [-0.1, -0.05) is 29.8 Å². The summed E-state index contributed by atoms with van der Waals surface area (Å²) in [5, 5.41) is 1.75. The molecule has 3 aromatic rings. The number of hydrazine groups is 1. The molecule has 0 aliphatic carbocycles. The summed E-state index contributed by atoms with van der Waals surface area (Å²) in [4.78, 5) is 0. The minimum Gasteiger partial charge on any atom is -0.459 e. The average Bonchev–Trinajstić information content (AvgIpc) is 2.89. The second-order valence-corrected chi connectivity index (χ2v) is 6.51. The Bertz CT molecular complexity index is 800. The van der Waals surface area contributed by atoms with Gasteiger partial charge in [-0.25, -0.2) is 5.43 Å². The molecule has 0 bridgehead atoms. The van der Waals surface area contributed by atoms with Crippen LogP contribution in [0, 0.1) is 10.5 Å². The second kappa shape index (κ2) is 5.96. The minimum atomic E-state index is -0.234. The van der Waals surface area contributed by atoms with Crippen LogP contribution in [0.3, 0.4) is 0 Å². The van der Waals surface area contributed by atoms with Crippen LogP contribution in [-0.2, 0) is 0 Å². The summed E-state index contributed by atoms with van der Waals surface area (Å²) in [6, 6.07) is 13.6. The molecule has 0 radical (unpaired) electrons. The molecule has 0 aliphatic rings. The van der Waals surface area contributed by atoms with Crippen molar-refractivity contribution in [3.63, 3.8) is 0 Å². The van der Waals surface area contributed by atoms with Crippen LogP contribution in [0.15, 0.2) is 46.9 Å². The molecule has 2 aromatic carbocycles. The largest absolute Gasteiger partial charge is 0.459 e. The molecule has 5 heteroatoms. The SMILES string of the molecule is Cc1cccc2cc(C(NN)c3cc(Cl)ccc3I)oc12. The number of furan rings is 1. The number of hydrogen-bond donors (Lipinski definition) is 2. The number of halogens is 2. The van der Waals surface area contributed by atoms with Crippen LogP contribution in [0.5, 0.6) is 0 Å². The zero-order valence-corrected chi connectivity index (χ0v) is 14.3. The van der Waals surface area contributed by atoms with Crippen molar-refractivity contribution in [1.82, 2.24) is 5.43 Å². The zero-order chi connectivity index (χ0) is 15.0. The van der Waals surface area contributed by atoms with Gasteiger partial charge in [0.2, 0.25) is 0 Å². The highest BCUT2D eigenvalue weighted by Gasteiger charge is 2.20. The molecule has 108 valence electrons. The Labute approximate surface area is 141 Å². The lowest BCUT2D eigenvalue weighted by molar-refractivity contribution is 0.475. The molecule has 3 nitrogen and oxygen atoms in total. The quantitative estimate of drug-likeness (QED) is 0.377. The van der Waals surface area contributed by atoms with Gasteiger partial charge in [0.1, 0.15) is 17.4 Å². The van der Waals surface area contributed by atoms with Gasteiger partial charge in [-0.15, -0.1) is 0 Å². The van der Waals surface area contributed by atoms with Gasteiger partial charge in [-0.3, -0.25) is 5.84 Å². The van der Waals surface area contributed by atoms with Gasteiger partial charge < -0.3 is 4.42 Å². The van der Waals surface area contributed by atoms with E-state index < -0.39 is 0 Å². The molecule has 0 saturated heterocycles. The molecule has 0 saturated carbocycles. The predicted octanol–water partition coefficient (Wildman–Crippen LogP) is 4.55. The number of hydrogen-bond acceptors (Lipinski definition) is 3. The topological polar surface area (TPSA) is 51.2 Å². The number of benzene rings is 2. The number of nitrogens with one attached hydrogen (secondary N) is 1. The van der Waals surface area contributed by atoms with Crippen molar-refractivity contribution in [2.45, 2.75) is 13.0 Å². The standard InChI is InChI=1S/C16H14ClIN2O/c1-9-3-2-4-10-7-14(21-16(9)10)15(20-19)12-8-11(17)5-6-13(12)18/h2-8,15,20H,19H2,1H3. The van der Waals surface area contributed by atoms with E-state index in [9.17, 15) is 0 Å². The lowest BCUT2D eigenvalue weighted by Crippen LogP contribution is -2.29. The van der Waals surface area contributed by atoms with E-state index in [1.807, 2.05) is 49.4 Å². The Morgan fingerprint density at radius 3 is 2.76 bits per heavy atom. The van der Waals surface area contributed by atoms with Crippen LogP contribution in [-0.4, -0.2) is 0 Å². The molecule has 1 unspecified atom stereocenters. The van der Waals surface area contributed by atoms with E-state index in [1.165, 1.54) is 0 Å². The smallest absolute Gasteiger partial charge is 0.137 e. The third-order valence-electron chi connectivity index (χ3n) is 3.48. The normalized spacial score (nSPS) is 12.8. The summed E-state index contributed by atoms with van der Waals surface area (Å²) in [6.07, 6.45) is 0. The highest BCUT2D eigenvalue weighted by atomic mass is 127. The van der Waals surface area contributed by atoms with Gasteiger partial charge in [-0.2, -0.15) is 0 Å². The first-order chi connectivity index (χ1) is 10.1. The summed E-state index contributed by atoms with van der Waals surface area (Å²) >= 11 is 8.38. The number of nitrogens with two attached hydrogens (primary N) is 1. The zero-order valence-electron chi connectivity index (χ0n) is 11.4. The molecule has 21 heavy (non-hydrogen) atoms. The first kappa shape index (κ1) is 14.8. The fourth-order valence-corrected chi connectivity index (χ4v) is 3.26. The van der Waals surface area contributed by atoms with Crippen LogP contribution in [0.1, 0.15) is 22.9 Å². The number of rotatable bonds is 3. The second-order valence-electron chi connectivity index (χ2n) is 4.91. The van der Waals surface area contributed by atoms with Crippen LogP contribution in [0.2, 0.25) is 5.02 Å². The average molecular weight is 413 g/mol. The molecule has 1 atom stereocenters. The van der Waals surface area contributed by atoms with Crippen molar-refractivity contribution in [1.29, 1.82) is 0 Å². The minimum absolute atomic E-state index is 0.234. The van der Waals surface area contributed by atoms with Crippen molar-refractivity contribution in [2.75, 3.05) is 0 Å². The number of para-hydroxylation sites is 1. The highest BCUT2D eigenvalue weighted by Crippen LogP contribution is 2.32. The fourth-order valence-electron chi connectivity index (χ4n) is 2.43. The molecular formula is C16H14ClIN2O. The Balaban J connectivity index is 2.13. The first-order valence-corrected chi connectivity index (χ1v) is 7.96. The summed E-state index contributed by atoms with van der Waals surface area (Å²) in [5.41, 5.74) is 5.83. The van der Waals surface area contributed by atoms with E-state index in [2.05, 4.69) is 28.0 Å². The monoisotopic (exact) mass is 412 g/mol. The van der Waals surface area contributed by atoms with Gasteiger partial charge in [0.05, 0.1) is 0 Å². The molecule has 1 aromatic heterocycles. The molecule has 3 N–H and O–H groups in total. The van der Waals surface area contributed by atoms with Gasteiger partial charge in [0.15, 0.2) is 0 Å². The number of aryl methyl sites for hydroxylation is 1. The Hall–Kier alpha value is -1.08. The van der Waals surface area contributed by atoms with E-state index >= 15 is 0 Å². The summed E-state index contributed by atoms with van der Waals surface area (Å²) in [7, 11) is 0. The van der Waals surface area contributed by atoms with E-state index in [0.29, 0.717) is 5.02 Å². The predicted molar refractivity (Wildman–Crippen MR) is 94.3 cm³/mol. The molecule has 1 heterocycles. The molecule has 0 fully saturated rings. The Morgan fingerprint density at radius 2 is 2.05 bits per heavy atom. The van der Waals surface area contributed by atoms with Crippen LogP contribution in [0.25, 0.3) is 11.0 Å². The van der Waals surface area contributed by atoms with Crippen LogP contribution < -0.4 is 11.3 Å².